The molecule has 1 amide bonds. The third-order valence-corrected chi connectivity index (χ3v) is 5.66. The largest absolute Gasteiger partial charge is 0.497 e. The van der Waals surface area contributed by atoms with Crippen molar-refractivity contribution in [3.05, 3.63) is 64.6 Å². The number of benzene rings is 2. The Balaban J connectivity index is 1.92. The van der Waals surface area contributed by atoms with Crippen molar-refractivity contribution in [2.45, 2.75) is 13.8 Å². The van der Waals surface area contributed by atoms with E-state index >= 15 is 0 Å². The molecule has 4 aromatic rings. The average Bonchev–Trinajstić information content (AvgIpc) is 3.13. The van der Waals surface area contributed by atoms with Crippen LogP contribution in [0.1, 0.15) is 12.6 Å². The van der Waals surface area contributed by atoms with Gasteiger partial charge in [-0.05, 0) is 50.2 Å². The van der Waals surface area contributed by atoms with E-state index in [1.807, 2.05) is 19.1 Å². The molecule has 0 aliphatic rings. The average molecular weight is 436 g/mol. The molecule has 9 heteroatoms. The normalized spacial score (nSPS) is 10.8. The van der Waals surface area contributed by atoms with Crippen LogP contribution >= 0.6 is 11.3 Å². The standard InChI is InChI=1S/C22H20N4O4S/c1-4-30-22(28)25-21-23-13(2)18(31-21)19-24-17-8-6-5-7-16(17)20(27)26(19)14-9-11-15(29-3)12-10-14/h5-12H,4H2,1-3H3,(H,23,25,28). The second-order valence-corrected chi connectivity index (χ2v) is 7.57. The van der Waals surface area contributed by atoms with Crippen molar-refractivity contribution < 1.29 is 14.3 Å². The highest BCUT2D eigenvalue weighted by molar-refractivity contribution is 7.19. The van der Waals surface area contributed by atoms with E-state index in [0.29, 0.717) is 43.9 Å². The lowest BCUT2D eigenvalue weighted by molar-refractivity contribution is 0.168. The summed E-state index contributed by atoms with van der Waals surface area (Å²) < 4.78 is 11.7. The summed E-state index contributed by atoms with van der Waals surface area (Å²) in [5.41, 5.74) is 1.67. The highest BCUT2D eigenvalue weighted by atomic mass is 32.1. The van der Waals surface area contributed by atoms with Gasteiger partial charge >= 0.3 is 6.09 Å². The maximum absolute atomic E-state index is 13.4. The Morgan fingerprint density at radius 3 is 2.58 bits per heavy atom. The molecular weight excluding hydrogens is 416 g/mol. The van der Waals surface area contributed by atoms with Gasteiger partial charge in [0.1, 0.15) is 5.75 Å². The number of aryl methyl sites for hydroxylation is 1. The molecule has 2 aromatic heterocycles. The van der Waals surface area contributed by atoms with Crippen LogP contribution in [0.2, 0.25) is 0 Å². The second kappa shape index (κ2) is 8.57. The summed E-state index contributed by atoms with van der Waals surface area (Å²) in [5, 5.41) is 3.49. The molecule has 0 saturated carbocycles. The first kappa shape index (κ1) is 20.5. The minimum atomic E-state index is -0.582. The number of carbonyl (C=O) groups excluding carboxylic acids is 1. The first-order valence-corrected chi connectivity index (χ1v) is 10.4. The van der Waals surface area contributed by atoms with Crippen LogP contribution in [0.5, 0.6) is 5.75 Å². The Labute approximate surface area is 182 Å². The smallest absolute Gasteiger partial charge is 0.413 e. The van der Waals surface area contributed by atoms with E-state index < -0.39 is 6.09 Å². The Bertz CT molecular complexity index is 1310. The Morgan fingerprint density at radius 1 is 1.13 bits per heavy atom. The molecule has 2 heterocycles. The van der Waals surface area contributed by atoms with E-state index in [0.717, 1.165) is 0 Å². The van der Waals surface area contributed by atoms with Gasteiger partial charge in [0.05, 0.1) is 40.9 Å². The number of rotatable bonds is 5. The Morgan fingerprint density at radius 2 is 1.87 bits per heavy atom. The molecule has 0 unspecified atom stereocenters. The first-order valence-electron chi connectivity index (χ1n) is 9.59. The zero-order chi connectivity index (χ0) is 22.0. The van der Waals surface area contributed by atoms with Crippen molar-refractivity contribution in [1.82, 2.24) is 14.5 Å². The van der Waals surface area contributed by atoms with E-state index in [-0.39, 0.29) is 12.2 Å². The number of anilines is 1. The number of methoxy groups -OCH3 is 1. The van der Waals surface area contributed by atoms with E-state index in [4.69, 9.17) is 14.5 Å². The van der Waals surface area contributed by atoms with Gasteiger partial charge in [0, 0.05) is 0 Å². The Kier molecular flexibility index (Phi) is 5.68. The second-order valence-electron chi connectivity index (χ2n) is 6.57. The summed E-state index contributed by atoms with van der Waals surface area (Å²) in [6.45, 7) is 3.79. The number of amides is 1. The molecule has 0 saturated heterocycles. The van der Waals surface area contributed by atoms with Gasteiger partial charge < -0.3 is 9.47 Å². The van der Waals surface area contributed by atoms with Crippen molar-refractivity contribution in [2.24, 2.45) is 0 Å². The highest BCUT2D eigenvalue weighted by Gasteiger charge is 2.20. The predicted molar refractivity (Wildman–Crippen MR) is 120 cm³/mol. The van der Waals surface area contributed by atoms with Gasteiger partial charge in [-0.15, -0.1) is 0 Å². The number of aromatic nitrogens is 3. The SMILES string of the molecule is CCOC(=O)Nc1nc(C)c(-c2nc3ccccc3c(=O)n2-c2ccc(OC)cc2)s1. The van der Waals surface area contributed by atoms with Crippen LogP contribution in [-0.2, 0) is 4.74 Å². The number of nitrogens with zero attached hydrogens (tertiary/aromatic N) is 3. The molecule has 158 valence electrons. The van der Waals surface area contributed by atoms with E-state index in [1.165, 1.54) is 11.3 Å². The number of hydrogen-bond donors (Lipinski definition) is 1. The number of hydrogen-bond acceptors (Lipinski definition) is 7. The van der Waals surface area contributed by atoms with Gasteiger partial charge in [-0.2, -0.15) is 0 Å². The topological polar surface area (TPSA) is 95.3 Å². The number of para-hydroxylation sites is 1. The van der Waals surface area contributed by atoms with Gasteiger partial charge in [-0.25, -0.2) is 14.8 Å². The van der Waals surface area contributed by atoms with Gasteiger partial charge in [-0.3, -0.25) is 14.7 Å². The lowest BCUT2D eigenvalue weighted by atomic mass is 10.2. The van der Waals surface area contributed by atoms with Crippen LogP contribution in [0.25, 0.3) is 27.3 Å². The summed E-state index contributed by atoms with van der Waals surface area (Å²) in [7, 11) is 1.59. The summed E-state index contributed by atoms with van der Waals surface area (Å²) in [4.78, 5) is 35.1. The fourth-order valence-corrected chi connectivity index (χ4v) is 4.10. The van der Waals surface area contributed by atoms with Gasteiger partial charge in [0.25, 0.3) is 5.56 Å². The van der Waals surface area contributed by atoms with Crippen molar-refractivity contribution >= 4 is 33.5 Å². The first-order chi connectivity index (χ1) is 15.0. The summed E-state index contributed by atoms with van der Waals surface area (Å²) in [6.07, 6.45) is -0.582. The molecule has 1 N–H and O–H groups in total. The Hall–Kier alpha value is -3.72. The third-order valence-electron chi connectivity index (χ3n) is 4.59. The van der Waals surface area contributed by atoms with E-state index in [1.54, 1.807) is 55.0 Å². The van der Waals surface area contributed by atoms with Crippen molar-refractivity contribution in [2.75, 3.05) is 19.0 Å². The number of fused-ring (bicyclic) bond motifs is 1. The molecule has 0 bridgehead atoms. The molecule has 0 radical (unpaired) electrons. The van der Waals surface area contributed by atoms with Crippen molar-refractivity contribution in [3.8, 4) is 22.1 Å². The van der Waals surface area contributed by atoms with Crippen LogP contribution in [0.4, 0.5) is 9.93 Å². The van der Waals surface area contributed by atoms with Crippen LogP contribution in [-0.4, -0.2) is 34.3 Å². The van der Waals surface area contributed by atoms with E-state index in [9.17, 15) is 9.59 Å². The van der Waals surface area contributed by atoms with Crippen LogP contribution < -0.4 is 15.6 Å². The van der Waals surface area contributed by atoms with Gasteiger partial charge in [0.15, 0.2) is 11.0 Å². The number of ether oxygens (including phenoxy) is 2. The molecule has 0 aliphatic heterocycles. The molecule has 0 fully saturated rings. The van der Waals surface area contributed by atoms with Crippen molar-refractivity contribution in [3.63, 3.8) is 0 Å². The number of thiazole rings is 1. The zero-order valence-corrected chi connectivity index (χ0v) is 18.0. The maximum Gasteiger partial charge on any atom is 0.413 e. The fourth-order valence-electron chi connectivity index (χ4n) is 3.17. The molecule has 0 spiro atoms. The maximum atomic E-state index is 13.4. The predicted octanol–water partition coefficient (Wildman–Crippen LogP) is 4.39. The molecule has 0 aliphatic carbocycles. The molecule has 0 atom stereocenters. The lowest BCUT2D eigenvalue weighted by Crippen LogP contribution is -2.21. The molecule has 4 rings (SSSR count). The minimum absolute atomic E-state index is 0.196. The van der Waals surface area contributed by atoms with Gasteiger partial charge in [-0.1, -0.05) is 23.5 Å². The highest BCUT2D eigenvalue weighted by Crippen LogP contribution is 2.33. The van der Waals surface area contributed by atoms with Crippen LogP contribution in [0.3, 0.4) is 0 Å². The quantitative estimate of drug-likeness (QED) is 0.498. The third kappa shape index (κ3) is 3.99. The molecule has 31 heavy (non-hydrogen) atoms. The summed E-state index contributed by atoms with van der Waals surface area (Å²) in [6, 6.07) is 14.4. The zero-order valence-electron chi connectivity index (χ0n) is 17.2. The fraction of sp³-hybridized carbons (Fsp3) is 0.182. The van der Waals surface area contributed by atoms with Gasteiger partial charge in [0.2, 0.25) is 0 Å². The monoisotopic (exact) mass is 436 g/mol. The summed E-state index contributed by atoms with van der Waals surface area (Å²) in [5.74, 6) is 1.13. The van der Waals surface area contributed by atoms with E-state index in [2.05, 4.69) is 10.3 Å². The molecule has 8 nitrogen and oxygen atoms in total. The minimum Gasteiger partial charge on any atom is -0.497 e. The molecule has 2 aromatic carbocycles. The summed E-state index contributed by atoms with van der Waals surface area (Å²) >= 11 is 1.23. The lowest BCUT2D eigenvalue weighted by Gasteiger charge is -2.13. The number of nitrogens with one attached hydrogen (secondary N) is 1. The molecular formula is C22H20N4O4S. The van der Waals surface area contributed by atoms with Crippen LogP contribution in [0, 0.1) is 6.92 Å². The van der Waals surface area contributed by atoms with Crippen molar-refractivity contribution in [1.29, 1.82) is 0 Å². The van der Waals surface area contributed by atoms with Crippen LogP contribution in [0.15, 0.2) is 53.3 Å². The number of carbonyl (C=O) groups is 1.